The Balaban J connectivity index is 2.82. The summed E-state index contributed by atoms with van der Waals surface area (Å²) in [4.78, 5) is 2.06. The van der Waals surface area contributed by atoms with E-state index in [-0.39, 0.29) is 5.82 Å². The van der Waals surface area contributed by atoms with Crippen LogP contribution in [0.25, 0.3) is 0 Å². The second-order valence-corrected chi connectivity index (χ2v) is 6.15. The third-order valence-electron chi connectivity index (χ3n) is 3.22. The maximum absolute atomic E-state index is 14.4. The van der Waals surface area contributed by atoms with Crippen molar-refractivity contribution in [1.82, 2.24) is 5.32 Å². The van der Waals surface area contributed by atoms with Gasteiger partial charge in [-0.1, -0.05) is 33.8 Å². The van der Waals surface area contributed by atoms with Crippen LogP contribution in [0.2, 0.25) is 0 Å². The molecule has 1 rings (SSSR count). The van der Waals surface area contributed by atoms with Gasteiger partial charge in [-0.15, -0.1) is 0 Å². The molecular formula is C17H29FN2O. The number of anilines is 1. The molecular weight excluding hydrogens is 267 g/mol. The Labute approximate surface area is 128 Å². The van der Waals surface area contributed by atoms with Crippen molar-refractivity contribution in [2.24, 2.45) is 5.92 Å². The van der Waals surface area contributed by atoms with E-state index in [1.807, 2.05) is 12.1 Å². The van der Waals surface area contributed by atoms with Crippen LogP contribution in [0.5, 0.6) is 0 Å². The van der Waals surface area contributed by atoms with Gasteiger partial charge in [0.2, 0.25) is 0 Å². The van der Waals surface area contributed by atoms with Crippen LogP contribution in [0.1, 0.15) is 33.3 Å². The Morgan fingerprint density at radius 2 is 1.95 bits per heavy atom. The van der Waals surface area contributed by atoms with Gasteiger partial charge >= 0.3 is 0 Å². The Morgan fingerprint density at radius 3 is 2.48 bits per heavy atom. The molecule has 4 heteroatoms. The predicted molar refractivity (Wildman–Crippen MR) is 87.3 cm³/mol. The topological polar surface area (TPSA) is 24.5 Å². The van der Waals surface area contributed by atoms with Crippen molar-refractivity contribution in [2.45, 2.75) is 40.3 Å². The number of methoxy groups -OCH3 is 1. The van der Waals surface area contributed by atoms with E-state index >= 15 is 0 Å². The van der Waals surface area contributed by atoms with Crippen LogP contribution in [0.15, 0.2) is 18.2 Å². The van der Waals surface area contributed by atoms with E-state index < -0.39 is 0 Å². The van der Waals surface area contributed by atoms with Gasteiger partial charge in [0.1, 0.15) is 5.82 Å². The Bertz CT molecular complexity index is 421. The molecule has 1 aromatic rings. The molecule has 1 N–H and O–H groups in total. The maximum atomic E-state index is 14.4. The number of halogens is 1. The molecule has 0 aliphatic heterocycles. The number of hydrogen-bond donors (Lipinski definition) is 1. The highest BCUT2D eigenvalue weighted by Crippen LogP contribution is 2.21. The first-order valence-corrected chi connectivity index (χ1v) is 7.69. The molecule has 0 atom stereocenters. The van der Waals surface area contributed by atoms with Gasteiger partial charge in [-0.3, -0.25) is 0 Å². The summed E-state index contributed by atoms with van der Waals surface area (Å²) in [7, 11) is 1.67. The highest BCUT2D eigenvalue weighted by Gasteiger charge is 2.13. The summed E-state index contributed by atoms with van der Waals surface area (Å²) in [5.74, 6) is 0.318. The van der Waals surface area contributed by atoms with Gasteiger partial charge in [0.05, 0.1) is 12.3 Å². The van der Waals surface area contributed by atoms with Gasteiger partial charge < -0.3 is 15.0 Å². The molecule has 0 amide bonds. The summed E-state index contributed by atoms with van der Waals surface area (Å²) in [6.07, 6.45) is 0. The molecule has 0 saturated heterocycles. The first-order valence-electron chi connectivity index (χ1n) is 7.69. The fourth-order valence-electron chi connectivity index (χ4n) is 2.19. The van der Waals surface area contributed by atoms with Crippen molar-refractivity contribution in [3.63, 3.8) is 0 Å². The third-order valence-corrected chi connectivity index (χ3v) is 3.22. The quantitative estimate of drug-likeness (QED) is 0.755. The third kappa shape index (κ3) is 6.44. The van der Waals surface area contributed by atoms with Gasteiger partial charge in [0.25, 0.3) is 0 Å². The average molecular weight is 296 g/mol. The van der Waals surface area contributed by atoms with Crippen LogP contribution >= 0.6 is 0 Å². The minimum atomic E-state index is -0.158. The van der Waals surface area contributed by atoms with Crippen LogP contribution in [0, 0.1) is 11.7 Å². The lowest BCUT2D eigenvalue weighted by molar-refractivity contribution is 0.204. The molecule has 21 heavy (non-hydrogen) atoms. The Hall–Kier alpha value is -1.13. The first kappa shape index (κ1) is 17.9. The van der Waals surface area contributed by atoms with Crippen LogP contribution in [0.3, 0.4) is 0 Å². The standard InChI is InChI=1S/C17H29FN2O/c1-13(2)12-20(8-9-21-5)17-7-6-15(10-16(17)18)11-19-14(3)4/h6-7,10,13-14,19H,8-9,11-12H2,1-5H3. The van der Waals surface area contributed by atoms with E-state index in [2.05, 4.69) is 37.9 Å². The summed E-state index contributed by atoms with van der Waals surface area (Å²) in [5, 5.41) is 3.30. The molecule has 3 nitrogen and oxygen atoms in total. The molecule has 0 aliphatic rings. The van der Waals surface area contributed by atoms with Crippen LogP contribution in [-0.2, 0) is 11.3 Å². The fraction of sp³-hybridized carbons (Fsp3) is 0.647. The van der Waals surface area contributed by atoms with Gasteiger partial charge in [-0.25, -0.2) is 4.39 Å². The predicted octanol–water partition coefficient (Wildman–Crippen LogP) is 3.43. The zero-order valence-electron chi connectivity index (χ0n) is 13.9. The lowest BCUT2D eigenvalue weighted by Gasteiger charge is -2.27. The van der Waals surface area contributed by atoms with Crippen molar-refractivity contribution in [3.8, 4) is 0 Å². The largest absolute Gasteiger partial charge is 0.383 e. The van der Waals surface area contributed by atoms with E-state index in [1.54, 1.807) is 13.2 Å². The highest BCUT2D eigenvalue weighted by atomic mass is 19.1. The number of ether oxygens (including phenoxy) is 1. The Morgan fingerprint density at radius 1 is 1.24 bits per heavy atom. The second-order valence-electron chi connectivity index (χ2n) is 6.15. The zero-order chi connectivity index (χ0) is 15.8. The van der Waals surface area contributed by atoms with Gasteiger partial charge in [-0.2, -0.15) is 0 Å². The van der Waals surface area contributed by atoms with Gasteiger partial charge in [0.15, 0.2) is 0 Å². The molecule has 0 fully saturated rings. The summed E-state index contributed by atoms with van der Waals surface area (Å²) in [6.45, 7) is 11.3. The molecule has 0 radical (unpaired) electrons. The van der Waals surface area contributed by atoms with E-state index in [1.165, 1.54) is 0 Å². The van der Waals surface area contributed by atoms with Crippen LogP contribution in [-0.4, -0.2) is 32.8 Å². The summed E-state index contributed by atoms with van der Waals surface area (Å²) in [5.41, 5.74) is 1.63. The second kappa shape index (κ2) is 9.00. The molecule has 0 bridgehead atoms. The molecule has 0 spiro atoms. The van der Waals surface area contributed by atoms with Gasteiger partial charge in [0, 0.05) is 32.8 Å². The minimum Gasteiger partial charge on any atom is -0.383 e. The van der Waals surface area contributed by atoms with E-state index in [0.717, 1.165) is 12.1 Å². The van der Waals surface area contributed by atoms with Crippen LogP contribution in [0.4, 0.5) is 10.1 Å². The zero-order valence-corrected chi connectivity index (χ0v) is 13.9. The number of nitrogens with zero attached hydrogens (tertiary/aromatic N) is 1. The summed E-state index contributed by atoms with van der Waals surface area (Å²) < 4.78 is 19.5. The molecule has 0 aliphatic carbocycles. The first-order chi connectivity index (χ1) is 9.93. The van der Waals surface area contributed by atoms with Crippen molar-refractivity contribution < 1.29 is 9.13 Å². The maximum Gasteiger partial charge on any atom is 0.146 e. The lowest BCUT2D eigenvalue weighted by atomic mass is 10.1. The van der Waals surface area contributed by atoms with Crippen LogP contribution < -0.4 is 10.2 Å². The van der Waals surface area contributed by atoms with Crippen molar-refractivity contribution in [1.29, 1.82) is 0 Å². The fourth-order valence-corrected chi connectivity index (χ4v) is 2.19. The normalized spacial score (nSPS) is 11.4. The van der Waals surface area contributed by atoms with Crippen molar-refractivity contribution >= 4 is 5.69 Å². The SMILES string of the molecule is COCCN(CC(C)C)c1ccc(CNC(C)C)cc1F. The van der Waals surface area contributed by atoms with E-state index in [0.29, 0.717) is 37.3 Å². The van der Waals surface area contributed by atoms with Crippen molar-refractivity contribution in [3.05, 3.63) is 29.6 Å². The molecule has 0 saturated carbocycles. The number of benzene rings is 1. The average Bonchev–Trinajstić information content (AvgIpc) is 2.41. The lowest BCUT2D eigenvalue weighted by Crippen LogP contribution is -2.31. The number of nitrogens with one attached hydrogen (secondary N) is 1. The molecule has 0 unspecified atom stereocenters. The minimum absolute atomic E-state index is 0.158. The van der Waals surface area contributed by atoms with Crippen molar-refractivity contribution in [2.75, 3.05) is 31.7 Å². The molecule has 0 heterocycles. The number of hydrogen-bond acceptors (Lipinski definition) is 3. The monoisotopic (exact) mass is 296 g/mol. The summed E-state index contributed by atoms with van der Waals surface area (Å²) >= 11 is 0. The molecule has 120 valence electrons. The molecule has 1 aromatic carbocycles. The van der Waals surface area contributed by atoms with E-state index in [9.17, 15) is 4.39 Å². The summed E-state index contributed by atoms with van der Waals surface area (Å²) in [6, 6.07) is 5.90. The number of rotatable bonds is 9. The Kier molecular flexibility index (Phi) is 7.68. The van der Waals surface area contributed by atoms with E-state index in [4.69, 9.17) is 4.74 Å². The van der Waals surface area contributed by atoms with Gasteiger partial charge in [-0.05, 0) is 23.6 Å². The highest BCUT2D eigenvalue weighted by molar-refractivity contribution is 5.49. The smallest absolute Gasteiger partial charge is 0.146 e. The molecule has 0 aromatic heterocycles.